The second-order valence-corrected chi connectivity index (χ2v) is 16.7. The first kappa shape index (κ1) is 40.5. The van der Waals surface area contributed by atoms with Crippen molar-refractivity contribution < 1.29 is 14.2 Å². The molecule has 0 radical (unpaired) electrons. The standard InChI is InChI=1S/C44H68N4O3/c1-14-15-23-48-42(35-17-16-18-38(28-35)51-37-21-19-36(20-22-37)43(10,11)12)45-41-40(50-27-25-47(33(6)7)34(8)9)29-39(30-44(41,48)13)49-26-24-46(31(2)3)32(4)5/h16-22,28-29,31-34H,14-15,23-27,30H2,1-13H3. The maximum atomic E-state index is 6.71. The smallest absolute Gasteiger partial charge is 0.146 e. The minimum absolute atomic E-state index is 0.0929. The van der Waals surface area contributed by atoms with Crippen molar-refractivity contribution in [2.24, 2.45) is 4.99 Å². The molecule has 0 saturated heterocycles. The third-order valence-corrected chi connectivity index (χ3v) is 10.3. The van der Waals surface area contributed by atoms with E-state index in [2.05, 4.69) is 153 Å². The van der Waals surface area contributed by atoms with E-state index in [-0.39, 0.29) is 5.41 Å². The van der Waals surface area contributed by atoms with Gasteiger partial charge in [0.15, 0.2) is 0 Å². The fourth-order valence-corrected chi connectivity index (χ4v) is 7.47. The van der Waals surface area contributed by atoms with E-state index in [1.807, 2.05) is 6.07 Å². The molecule has 0 N–H and O–H groups in total. The quantitative estimate of drug-likeness (QED) is 0.154. The van der Waals surface area contributed by atoms with Crippen LogP contribution in [0.2, 0.25) is 0 Å². The van der Waals surface area contributed by atoms with Crippen LogP contribution in [0.4, 0.5) is 0 Å². The molecule has 2 aromatic rings. The second-order valence-electron chi connectivity index (χ2n) is 16.7. The summed E-state index contributed by atoms with van der Waals surface area (Å²) in [4.78, 5) is 12.9. The van der Waals surface area contributed by atoms with Gasteiger partial charge >= 0.3 is 0 Å². The highest BCUT2D eigenvalue weighted by Gasteiger charge is 2.48. The van der Waals surface area contributed by atoms with Gasteiger partial charge in [0.1, 0.15) is 47.8 Å². The normalized spacial score (nSPS) is 18.1. The van der Waals surface area contributed by atoms with Gasteiger partial charge in [0.25, 0.3) is 0 Å². The average molecular weight is 701 g/mol. The number of ether oxygens (including phenoxy) is 3. The van der Waals surface area contributed by atoms with Gasteiger partial charge in [-0.25, -0.2) is 4.99 Å². The number of hydrogen-bond donors (Lipinski definition) is 0. The van der Waals surface area contributed by atoms with Crippen molar-refractivity contribution in [3.63, 3.8) is 0 Å². The van der Waals surface area contributed by atoms with Crippen molar-refractivity contribution in [3.05, 3.63) is 82.9 Å². The average Bonchev–Trinajstić information content (AvgIpc) is 3.35. The van der Waals surface area contributed by atoms with E-state index in [0.29, 0.717) is 37.4 Å². The first-order valence-electron chi connectivity index (χ1n) is 19.5. The Labute approximate surface area is 310 Å². The summed E-state index contributed by atoms with van der Waals surface area (Å²) in [6.07, 6.45) is 5.00. The molecular formula is C44H68N4O3. The summed E-state index contributed by atoms with van der Waals surface area (Å²) in [5.41, 5.74) is 2.99. The highest BCUT2D eigenvalue weighted by atomic mass is 16.5. The molecule has 0 fully saturated rings. The van der Waals surface area contributed by atoms with E-state index in [4.69, 9.17) is 19.2 Å². The zero-order chi connectivity index (χ0) is 37.5. The summed E-state index contributed by atoms with van der Waals surface area (Å²) in [7, 11) is 0. The zero-order valence-electron chi connectivity index (χ0n) is 34.2. The zero-order valence-corrected chi connectivity index (χ0v) is 34.2. The highest BCUT2D eigenvalue weighted by molar-refractivity contribution is 6.02. The summed E-state index contributed by atoms with van der Waals surface area (Å²) in [5, 5.41) is 0. The molecule has 1 aliphatic heterocycles. The van der Waals surface area contributed by atoms with Crippen molar-refractivity contribution in [3.8, 4) is 11.5 Å². The topological polar surface area (TPSA) is 49.8 Å². The summed E-state index contributed by atoms with van der Waals surface area (Å²) in [6.45, 7) is 33.1. The number of aliphatic imine (C=N–C) groups is 1. The number of nitrogens with zero attached hydrogens (tertiary/aromatic N) is 4. The number of fused-ring (bicyclic) bond motifs is 1. The number of benzene rings is 2. The van der Waals surface area contributed by atoms with Crippen LogP contribution in [0.15, 0.2) is 76.8 Å². The SMILES string of the molecule is CCCCN1C(c2cccc(Oc3ccc(C(C)(C)C)cc3)c2)=NC2=C(OCCN(C(C)C)C(C)C)C=C(OCCN(C(C)C)C(C)C)CC21C. The van der Waals surface area contributed by atoms with E-state index < -0.39 is 5.54 Å². The molecule has 282 valence electrons. The summed E-state index contributed by atoms with van der Waals surface area (Å²) >= 11 is 0. The fraction of sp³-hybridized carbons (Fsp3) is 0.614. The third kappa shape index (κ3) is 10.2. The number of rotatable bonds is 18. The Hall–Kier alpha value is -3.29. The molecule has 51 heavy (non-hydrogen) atoms. The Morgan fingerprint density at radius 2 is 1.39 bits per heavy atom. The predicted octanol–water partition coefficient (Wildman–Crippen LogP) is 10.2. The third-order valence-electron chi connectivity index (χ3n) is 10.3. The molecule has 1 atom stereocenters. The predicted molar refractivity (Wildman–Crippen MR) is 214 cm³/mol. The van der Waals surface area contributed by atoms with Gasteiger partial charge in [0.2, 0.25) is 0 Å². The number of amidine groups is 1. The maximum absolute atomic E-state index is 6.71. The molecule has 0 saturated carbocycles. The second kappa shape index (κ2) is 17.5. The Bertz CT molecular complexity index is 1500. The Kier molecular flexibility index (Phi) is 13.9. The van der Waals surface area contributed by atoms with Gasteiger partial charge in [-0.05, 0) is 104 Å². The van der Waals surface area contributed by atoms with Gasteiger partial charge in [-0.2, -0.15) is 0 Å². The summed E-state index contributed by atoms with van der Waals surface area (Å²) < 4.78 is 19.7. The van der Waals surface area contributed by atoms with Crippen LogP contribution >= 0.6 is 0 Å². The van der Waals surface area contributed by atoms with Gasteiger partial charge in [-0.15, -0.1) is 0 Å². The van der Waals surface area contributed by atoms with Crippen molar-refractivity contribution in [1.82, 2.24) is 14.7 Å². The van der Waals surface area contributed by atoms with E-state index >= 15 is 0 Å². The molecule has 0 bridgehead atoms. The maximum Gasteiger partial charge on any atom is 0.146 e. The van der Waals surface area contributed by atoms with E-state index in [1.165, 1.54) is 5.56 Å². The molecule has 1 heterocycles. The van der Waals surface area contributed by atoms with Gasteiger partial charge in [-0.1, -0.05) is 58.4 Å². The van der Waals surface area contributed by atoms with E-state index in [1.54, 1.807) is 0 Å². The fourth-order valence-electron chi connectivity index (χ4n) is 7.47. The molecule has 1 aliphatic carbocycles. The first-order valence-corrected chi connectivity index (χ1v) is 19.5. The lowest BCUT2D eigenvalue weighted by Gasteiger charge is -2.41. The van der Waals surface area contributed by atoms with Crippen LogP contribution in [0.3, 0.4) is 0 Å². The molecule has 1 unspecified atom stereocenters. The van der Waals surface area contributed by atoms with Crippen molar-refractivity contribution in [2.75, 3.05) is 32.8 Å². The summed E-state index contributed by atoms with van der Waals surface area (Å²) in [5.74, 6) is 4.36. The van der Waals surface area contributed by atoms with Crippen molar-refractivity contribution in [1.29, 1.82) is 0 Å². The molecule has 0 amide bonds. The van der Waals surface area contributed by atoms with Crippen LogP contribution < -0.4 is 4.74 Å². The minimum Gasteiger partial charge on any atom is -0.496 e. The Balaban J connectivity index is 1.69. The van der Waals surface area contributed by atoms with Crippen molar-refractivity contribution >= 4 is 5.84 Å². The number of unbranched alkanes of at least 4 members (excludes halogenated alkanes) is 1. The molecule has 7 heteroatoms. The van der Waals surface area contributed by atoms with Gasteiger partial charge < -0.3 is 19.1 Å². The lowest BCUT2D eigenvalue weighted by atomic mass is 9.86. The van der Waals surface area contributed by atoms with Crippen LogP contribution in [0.5, 0.6) is 11.5 Å². The van der Waals surface area contributed by atoms with Crippen LogP contribution in [0, 0.1) is 0 Å². The molecular weight excluding hydrogens is 633 g/mol. The molecule has 0 spiro atoms. The monoisotopic (exact) mass is 701 g/mol. The largest absolute Gasteiger partial charge is 0.496 e. The lowest BCUT2D eigenvalue weighted by Crippen LogP contribution is -2.48. The number of hydrogen-bond acceptors (Lipinski definition) is 7. The molecule has 4 rings (SSSR count). The van der Waals surface area contributed by atoms with E-state index in [9.17, 15) is 0 Å². The molecule has 2 aliphatic rings. The molecule has 0 aromatic heterocycles. The van der Waals surface area contributed by atoms with Gasteiger partial charge in [0.05, 0.1) is 5.54 Å². The highest BCUT2D eigenvalue weighted by Crippen LogP contribution is 2.45. The van der Waals surface area contributed by atoms with Crippen LogP contribution in [-0.4, -0.2) is 83.1 Å². The molecule has 7 nitrogen and oxygen atoms in total. The summed E-state index contributed by atoms with van der Waals surface area (Å²) in [6, 6.07) is 18.6. The van der Waals surface area contributed by atoms with Crippen LogP contribution in [0.1, 0.15) is 120 Å². The van der Waals surface area contributed by atoms with Crippen molar-refractivity contribution in [2.45, 2.75) is 144 Å². The van der Waals surface area contributed by atoms with Gasteiger partial charge in [-0.3, -0.25) is 9.80 Å². The Morgan fingerprint density at radius 1 is 0.804 bits per heavy atom. The van der Waals surface area contributed by atoms with E-state index in [0.717, 1.165) is 79.0 Å². The van der Waals surface area contributed by atoms with Crippen LogP contribution in [0.25, 0.3) is 0 Å². The Morgan fingerprint density at radius 3 is 1.94 bits per heavy atom. The van der Waals surface area contributed by atoms with Crippen LogP contribution in [-0.2, 0) is 14.9 Å². The number of allylic oxidation sites excluding steroid dienone is 1. The minimum atomic E-state index is -0.408. The molecule has 2 aromatic carbocycles. The van der Waals surface area contributed by atoms with Gasteiger partial charge in [0, 0.05) is 61.9 Å². The lowest BCUT2D eigenvalue weighted by molar-refractivity contribution is 0.0901. The first-order chi connectivity index (χ1) is 24.0.